The van der Waals surface area contributed by atoms with Gasteiger partial charge in [0.2, 0.25) is 0 Å². The highest BCUT2D eigenvalue weighted by molar-refractivity contribution is 5.68. The van der Waals surface area contributed by atoms with Crippen LogP contribution in [0, 0.1) is 0 Å². The van der Waals surface area contributed by atoms with E-state index in [1.165, 1.54) is 11.3 Å². The van der Waals surface area contributed by atoms with Crippen LogP contribution in [-0.4, -0.2) is 49.5 Å². The first-order valence-corrected chi connectivity index (χ1v) is 9.41. The average molecular weight is 351 g/mol. The smallest absolute Gasteiger partial charge is 0.0745 e. The monoisotopic (exact) mass is 351 g/mol. The second kappa shape index (κ2) is 8.43. The third-order valence-electron chi connectivity index (χ3n) is 4.87. The first kappa shape index (κ1) is 17.2. The third-order valence-corrected chi connectivity index (χ3v) is 4.87. The topological polar surface area (TPSA) is 47.5 Å². The van der Waals surface area contributed by atoms with Crippen LogP contribution in [0.3, 0.4) is 0 Å². The van der Waals surface area contributed by atoms with Crippen LogP contribution in [0.1, 0.15) is 25.0 Å². The van der Waals surface area contributed by atoms with Crippen LogP contribution in [0.4, 0.5) is 5.69 Å². The maximum absolute atomic E-state index is 5.58. The van der Waals surface area contributed by atoms with E-state index in [4.69, 9.17) is 14.5 Å². The molecule has 2 aliphatic heterocycles. The number of anilines is 1. The normalized spacial score (nSPS) is 20.2. The molecule has 0 saturated carbocycles. The standard InChI is InChI=1S/C21H25N3O2/c1-4-18(16-22-6-1)21-15-20(24-7-11-26-12-8-24)14-19(23-21)13-17-3-2-9-25-10-5-17/h1,4,6,13-16H,2-3,5,7-12H2/b17-13-. The molecule has 2 aromatic heterocycles. The minimum Gasteiger partial charge on any atom is -0.381 e. The molecular formula is C21H25N3O2. The summed E-state index contributed by atoms with van der Waals surface area (Å²) in [6.07, 6.45) is 9.09. The second-order valence-corrected chi connectivity index (χ2v) is 6.75. The van der Waals surface area contributed by atoms with E-state index in [2.05, 4.69) is 34.2 Å². The molecule has 2 aromatic rings. The Hall–Kier alpha value is -2.24. The quantitative estimate of drug-likeness (QED) is 0.846. The molecule has 0 amide bonds. The summed E-state index contributed by atoms with van der Waals surface area (Å²) in [6, 6.07) is 8.39. The van der Waals surface area contributed by atoms with E-state index >= 15 is 0 Å². The van der Waals surface area contributed by atoms with E-state index in [1.54, 1.807) is 6.20 Å². The van der Waals surface area contributed by atoms with Gasteiger partial charge in [-0.05, 0) is 49.6 Å². The van der Waals surface area contributed by atoms with Gasteiger partial charge in [-0.3, -0.25) is 4.98 Å². The van der Waals surface area contributed by atoms with Crippen molar-refractivity contribution in [1.29, 1.82) is 0 Å². The van der Waals surface area contributed by atoms with Gasteiger partial charge in [0.1, 0.15) is 0 Å². The fraction of sp³-hybridized carbons (Fsp3) is 0.429. The fourth-order valence-electron chi connectivity index (χ4n) is 3.46. The molecule has 0 atom stereocenters. The number of aromatic nitrogens is 2. The van der Waals surface area contributed by atoms with Crippen LogP contribution in [-0.2, 0) is 9.47 Å². The summed E-state index contributed by atoms with van der Waals surface area (Å²) in [6.45, 7) is 5.06. The lowest BCUT2D eigenvalue weighted by Gasteiger charge is -2.29. The van der Waals surface area contributed by atoms with Crippen LogP contribution >= 0.6 is 0 Å². The number of nitrogens with zero attached hydrogens (tertiary/aromatic N) is 3. The summed E-state index contributed by atoms with van der Waals surface area (Å²) >= 11 is 0. The van der Waals surface area contributed by atoms with Gasteiger partial charge >= 0.3 is 0 Å². The number of hydrogen-bond acceptors (Lipinski definition) is 5. The SMILES string of the molecule is C(=C1\CCCOCC1)/c1cc(N2CCOCC2)cc(-c2cccnc2)n1. The van der Waals surface area contributed by atoms with Crippen LogP contribution in [0.2, 0.25) is 0 Å². The van der Waals surface area contributed by atoms with Crippen LogP contribution < -0.4 is 4.90 Å². The number of ether oxygens (including phenoxy) is 2. The van der Waals surface area contributed by atoms with Crippen LogP contribution in [0.15, 0.2) is 42.2 Å². The van der Waals surface area contributed by atoms with Crippen molar-refractivity contribution < 1.29 is 9.47 Å². The fourth-order valence-corrected chi connectivity index (χ4v) is 3.46. The summed E-state index contributed by atoms with van der Waals surface area (Å²) in [5.74, 6) is 0. The van der Waals surface area contributed by atoms with E-state index < -0.39 is 0 Å². The first-order chi connectivity index (χ1) is 12.9. The van der Waals surface area contributed by atoms with Crippen molar-refractivity contribution in [3.8, 4) is 11.3 Å². The third kappa shape index (κ3) is 4.29. The summed E-state index contributed by atoms with van der Waals surface area (Å²) < 4.78 is 11.1. The highest BCUT2D eigenvalue weighted by Crippen LogP contribution is 2.27. The zero-order valence-electron chi connectivity index (χ0n) is 15.1. The van der Waals surface area contributed by atoms with E-state index in [0.717, 1.165) is 75.7 Å². The van der Waals surface area contributed by atoms with E-state index in [9.17, 15) is 0 Å². The van der Waals surface area contributed by atoms with Crippen molar-refractivity contribution in [2.24, 2.45) is 0 Å². The Balaban J connectivity index is 1.70. The number of hydrogen-bond donors (Lipinski definition) is 0. The molecule has 0 bridgehead atoms. The summed E-state index contributed by atoms with van der Waals surface area (Å²) in [5.41, 5.74) is 5.67. The summed E-state index contributed by atoms with van der Waals surface area (Å²) in [4.78, 5) is 11.5. The van der Waals surface area contributed by atoms with E-state index in [1.807, 2.05) is 12.3 Å². The van der Waals surface area contributed by atoms with Gasteiger partial charge in [0.05, 0.1) is 31.2 Å². The predicted molar refractivity (Wildman–Crippen MR) is 103 cm³/mol. The minimum atomic E-state index is 0.776. The molecule has 0 spiro atoms. The van der Waals surface area contributed by atoms with Crippen LogP contribution in [0.25, 0.3) is 17.3 Å². The summed E-state index contributed by atoms with van der Waals surface area (Å²) in [5, 5.41) is 0. The lowest BCUT2D eigenvalue weighted by Crippen LogP contribution is -2.36. The molecule has 26 heavy (non-hydrogen) atoms. The van der Waals surface area contributed by atoms with Gasteiger partial charge in [0, 0.05) is 43.3 Å². The maximum atomic E-state index is 5.58. The zero-order valence-corrected chi connectivity index (χ0v) is 15.1. The molecule has 0 unspecified atom stereocenters. The first-order valence-electron chi connectivity index (χ1n) is 9.41. The Bertz CT molecular complexity index is 745. The molecule has 2 aliphatic rings. The van der Waals surface area contributed by atoms with Gasteiger partial charge < -0.3 is 14.4 Å². The average Bonchev–Trinajstić information content (AvgIpc) is 2.98. The molecule has 5 nitrogen and oxygen atoms in total. The maximum Gasteiger partial charge on any atom is 0.0745 e. The Morgan fingerprint density at radius 2 is 1.88 bits per heavy atom. The minimum absolute atomic E-state index is 0.776. The zero-order chi connectivity index (χ0) is 17.6. The molecule has 0 radical (unpaired) electrons. The highest BCUT2D eigenvalue weighted by atomic mass is 16.5. The molecule has 2 saturated heterocycles. The van der Waals surface area contributed by atoms with E-state index in [-0.39, 0.29) is 0 Å². The molecule has 0 aliphatic carbocycles. The number of rotatable bonds is 3. The highest BCUT2D eigenvalue weighted by Gasteiger charge is 2.14. The Morgan fingerprint density at radius 3 is 2.73 bits per heavy atom. The molecule has 4 heterocycles. The van der Waals surface area contributed by atoms with Gasteiger partial charge in [-0.25, -0.2) is 4.98 Å². The van der Waals surface area contributed by atoms with Crippen molar-refractivity contribution in [3.05, 3.63) is 47.9 Å². The summed E-state index contributed by atoms with van der Waals surface area (Å²) in [7, 11) is 0. The van der Waals surface area contributed by atoms with Gasteiger partial charge in [0.25, 0.3) is 0 Å². The van der Waals surface area contributed by atoms with Gasteiger partial charge in [-0.15, -0.1) is 0 Å². The Morgan fingerprint density at radius 1 is 1.00 bits per heavy atom. The molecule has 0 aromatic carbocycles. The van der Waals surface area contributed by atoms with Crippen LogP contribution in [0.5, 0.6) is 0 Å². The van der Waals surface area contributed by atoms with Gasteiger partial charge in [0.15, 0.2) is 0 Å². The molecule has 0 N–H and O–H groups in total. The molecule has 136 valence electrons. The van der Waals surface area contributed by atoms with Crippen molar-refractivity contribution in [2.45, 2.75) is 19.3 Å². The van der Waals surface area contributed by atoms with Crippen molar-refractivity contribution in [1.82, 2.24) is 9.97 Å². The number of pyridine rings is 2. The predicted octanol–water partition coefficient (Wildman–Crippen LogP) is 3.56. The van der Waals surface area contributed by atoms with Gasteiger partial charge in [-0.1, -0.05) is 5.57 Å². The molecular weight excluding hydrogens is 326 g/mol. The van der Waals surface area contributed by atoms with Crippen molar-refractivity contribution in [2.75, 3.05) is 44.4 Å². The lowest BCUT2D eigenvalue weighted by molar-refractivity contribution is 0.122. The molecule has 2 fully saturated rings. The van der Waals surface area contributed by atoms with E-state index in [0.29, 0.717) is 0 Å². The number of morpholine rings is 1. The lowest BCUT2D eigenvalue weighted by atomic mass is 10.1. The Kier molecular flexibility index (Phi) is 5.57. The second-order valence-electron chi connectivity index (χ2n) is 6.75. The van der Waals surface area contributed by atoms with Gasteiger partial charge in [-0.2, -0.15) is 0 Å². The Labute approximate surface area is 154 Å². The van der Waals surface area contributed by atoms with Crippen molar-refractivity contribution >= 4 is 11.8 Å². The van der Waals surface area contributed by atoms with Crippen molar-refractivity contribution in [3.63, 3.8) is 0 Å². The largest absolute Gasteiger partial charge is 0.381 e. The molecule has 4 rings (SSSR count). The molecule has 5 heteroatoms.